The molecule has 0 aliphatic carbocycles. The number of carboxylic acid groups (broad SMARTS) is 1. The molecule has 0 radical (unpaired) electrons. The van der Waals surface area contributed by atoms with Crippen molar-refractivity contribution >= 4 is 27.8 Å². The van der Waals surface area contributed by atoms with E-state index in [9.17, 15) is 19.8 Å². The van der Waals surface area contributed by atoms with Crippen molar-refractivity contribution in [2.24, 2.45) is 0 Å². The molecule has 1 aromatic rings. The van der Waals surface area contributed by atoms with E-state index < -0.39 is 24.0 Å². The normalized spacial score (nSPS) is 22.5. The van der Waals surface area contributed by atoms with Gasteiger partial charge >= 0.3 is 5.97 Å². The van der Waals surface area contributed by atoms with E-state index in [1.165, 1.54) is 12.1 Å². The first-order valence-corrected chi connectivity index (χ1v) is 6.40. The van der Waals surface area contributed by atoms with Crippen molar-refractivity contribution in [3.8, 4) is 5.75 Å². The number of amides is 1. The van der Waals surface area contributed by atoms with Crippen LogP contribution in [-0.2, 0) is 4.79 Å². The van der Waals surface area contributed by atoms with Gasteiger partial charge in [-0.3, -0.25) is 4.79 Å². The quantitative estimate of drug-likeness (QED) is 0.746. The zero-order valence-electron chi connectivity index (χ0n) is 9.78. The molecule has 7 heteroatoms. The summed E-state index contributed by atoms with van der Waals surface area (Å²) >= 11 is 3.15. The van der Waals surface area contributed by atoms with E-state index in [0.29, 0.717) is 4.47 Å². The molecule has 1 aromatic carbocycles. The van der Waals surface area contributed by atoms with E-state index in [1.54, 1.807) is 6.07 Å². The average molecular weight is 330 g/mol. The van der Waals surface area contributed by atoms with Gasteiger partial charge in [0.1, 0.15) is 11.8 Å². The Balaban J connectivity index is 2.30. The number of nitrogens with zero attached hydrogens (tertiary/aromatic N) is 1. The minimum absolute atomic E-state index is 0.00162. The largest absolute Gasteiger partial charge is 0.507 e. The number of hydrogen-bond acceptors (Lipinski definition) is 4. The number of aliphatic hydroxyl groups excluding tert-OH is 1. The Bertz CT molecular complexity index is 533. The van der Waals surface area contributed by atoms with E-state index in [0.717, 1.165) is 4.90 Å². The fourth-order valence-corrected chi connectivity index (χ4v) is 2.46. The van der Waals surface area contributed by atoms with Crippen LogP contribution in [0.3, 0.4) is 0 Å². The second-order valence-electron chi connectivity index (χ2n) is 4.36. The number of aliphatic carboxylic acids is 1. The third-order valence-corrected chi connectivity index (χ3v) is 3.51. The van der Waals surface area contributed by atoms with E-state index in [2.05, 4.69) is 15.9 Å². The second-order valence-corrected chi connectivity index (χ2v) is 5.28. The number of phenolic OH excluding ortho intramolecular Hbond substituents is 1. The van der Waals surface area contributed by atoms with Crippen LogP contribution >= 0.6 is 15.9 Å². The van der Waals surface area contributed by atoms with E-state index >= 15 is 0 Å². The van der Waals surface area contributed by atoms with Crippen LogP contribution in [0.5, 0.6) is 5.75 Å². The number of β-amino-alcohol motifs (C(OH)–C–C–N with tert-alkyl or cyclic N) is 1. The maximum Gasteiger partial charge on any atom is 0.326 e. The van der Waals surface area contributed by atoms with Crippen molar-refractivity contribution in [1.82, 2.24) is 4.90 Å². The van der Waals surface area contributed by atoms with E-state index in [4.69, 9.17) is 5.11 Å². The summed E-state index contributed by atoms with van der Waals surface area (Å²) in [5, 5.41) is 28.3. The number of phenols is 1. The Hall–Kier alpha value is -1.60. The monoisotopic (exact) mass is 329 g/mol. The molecule has 0 aromatic heterocycles. The highest BCUT2D eigenvalue weighted by Gasteiger charge is 2.39. The predicted molar refractivity (Wildman–Crippen MR) is 68.9 cm³/mol. The van der Waals surface area contributed by atoms with Crippen LogP contribution in [0.1, 0.15) is 16.8 Å². The summed E-state index contributed by atoms with van der Waals surface area (Å²) in [5.41, 5.74) is 0.0172. The van der Waals surface area contributed by atoms with Crippen molar-refractivity contribution in [3.05, 3.63) is 28.2 Å². The molecule has 102 valence electrons. The number of hydrogen-bond donors (Lipinski definition) is 3. The van der Waals surface area contributed by atoms with Crippen LogP contribution in [-0.4, -0.2) is 50.8 Å². The Morgan fingerprint density at radius 1 is 1.37 bits per heavy atom. The van der Waals surface area contributed by atoms with Gasteiger partial charge < -0.3 is 20.2 Å². The topological polar surface area (TPSA) is 98.1 Å². The third-order valence-electron chi connectivity index (χ3n) is 3.02. The fourth-order valence-electron chi connectivity index (χ4n) is 2.11. The Kier molecular flexibility index (Phi) is 3.77. The Labute approximate surface area is 117 Å². The maximum absolute atomic E-state index is 12.2. The number of aromatic hydroxyl groups is 1. The SMILES string of the molecule is O=C(O)[C@@H]1C[C@@H](O)CN1C(=O)c1ccc(Br)cc1O. The molecule has 0 spiro atoms. The highest BCUT2D eigenvalue weighted by Crippen LogP contribution is 2.27. The van der Waals surface area contributed by atoms with Gasteiger partial charge in [0.25, 0.3) is 5.91 Å². The highest BCUT2D eigenvalue weighted by atomic mass is 79.9. The molecule has 19 heavy (non-hydrogen) atoms. The molecule has 0 saturated carbocycles. The first kappa shape index (κ1) is 13.8. The molecule has 0 bridgehead atoms. The number of benzene rings is 1. The lowest BCUT2D eigenvalue weighted by atomic mass is 10.1. The number of carbonyl (C=O) groups is 2. The van der Waals surface area contributed by atoms with Gasteiger partial charge in [0.2, 0.25) is 0 Å². The van der Waals surface area contributed by atoms with Crippen LogP contribution in [0.4, 0.5) is 0 Å². The first-order chi connectivity index (χ1) is 8.90. The van der Waals surface area contributed by atoms with Gasteiger partial charge in [0.05, 0.1) is 11.7 Å². The van der Waals surface area contributed by atoms with Gasteiger partial charge in [-0.25, -0.2) is 4.79 Å². The number of carbonyl (C=O) groups excluding carboxylic acids is 1. The van der Waals surface area contributed by atoms with Crippen LogP contribution in [0.25, 0.3) is 0 Å². The molecule has 1 aliphatic rings. The third kappa shape index (κ3) is 2.71. The summed E-state index contributed by atoms with van der Waals surface area (Å²) in [4.78, 5) is 24.3. The molecular weight excluding hydrogens is 318 g/mol. The molecular formula is C12H12BrNO5. The number of halogens is 1. The lowest BCUT2D eigenvalue weighted by Crippen LogP contribution is -2.40. The zero-order chi connectivity index (χ0) is 14.2. The Morgan fingerprint density at radius 3 is 2.63 bits per heavy atom. The van der Waals surface area contributed by atoms with E-state index in [-0.39, 0.29) is 24.3 Å². The lowest BCUT2D eigenvalue weighted by Gasteiger charge is -2.21. The van der Waals surface area contributed by atoms with Gasteiger partial charge in [-0.05, 0) is 18.2 Å². The van der Waals surface area contributed by atoms with Crippen LogP contribution < -0.4 is 0 Å². The molecule has 1 heterocycles. The molecule has 3 N–H and O–H groups in total. The van der Waals surface area contributed by atoms with Crippen molar-refractivity contribution in [1.29, 1.82) is 0 Å². The molecule has 1 saturated heterocycles. The summed E-state index contributed by atoms with van der Waals surface area (Å²) in [7, 11) is 0. The highest BCUT2D eigenvalue weighted by molar-refractivity contribution is 9.10. The fraction of sp³-hybridized carbons (Fsp3) is 0.333. The van der Waals surface area contributed by atoms with Gasteiger partial charge in [0, 0.05) is 17.4 Å². The molecule has 1 aliphatic heterocycles. The second kappa shape index (κ2) is 5.18. The smallest absolute Gasteiger partial charge is 0.326 e. The van der Waals surface area contributed by atoms with Crippen molar-refractivity contribution in [2.45, 2.75) is 18.6 Å². The molecule has 2 rings (SSSR count). The minimum Gasteiger partial charge on any atom is -0.507 e. The summed E-state index contributed by atoms with van der Waals surface area (Å²) in [6.45, 7) is -0.0503. The summed E-state index contributed by atoms with van der Waals surface area (Å²) in [6, 6.07) is 3.28. The molecule has 2 atom stereocenters. The summed E-state index contributed by atoms with van der Waals surface area (Å²) < 4.78 is 0.609. The van der Waals surface area contributed by atoms with Crippen LogP contribution in [0.2, 0.25) is 0 Å². The van der Waals surface area contributed by atoms with Crippen LogP contribution in [0, 0.1) is 0 Å². The first-order valence-electron chi connectivity index (χ1n) is 5.60. The van der Waals surface area contributed by atoms with Crippen LogP contribution in [0.15, 0.2) is 22.7 Å². The summed E-state index contributed by atoms with van der Waals surface area (Å²) in [5.74, 6) is -2.00. The molecule has 6 nitrogen and oxygen atoms in total. The standard InChI is InChI=1S/C12H12BrNO5/c13-6-1-2-8(10(16)3-6)11(17)14-5-7(15)4-9(14)12(18)19/h1-3,7,9,15-16H,4-5H2,(H,18,19)/t7-,9+/m1/s1. The molecule has 1 amide bonds. The van der Waals surface area contributed by atoms with Gasteiger partial charge in [0.15, 0.2) is 0 Å². The van der Waals surface area contributed by atoms with Gasteiger partial charge in [-0.15, -0.1) is 0 Å². The lowest BCUT2D eigenvalue weighted by molar-refractivity contribution is -0.141. The Morgan fingerprint density at radius 2 is 2.05 bits per heavy atom. The zero-order valence-corrected chi connectivity index (χ0v) is 11.4. The maximum atomic E-state index is 12.2. The molecule has 1 fully saturated rings. The van der Waals surface area contributed by atoms with Gasteiger partial charge in [-0.1, -0.05) is 15.9 Å². The summed E-state index contributed by atoms with van der Waals surface area (Å²) in [6.07, 6.45) is -0.860. The van der Waals surface area contributed by atoms with Crippen molar-refractivity contribution in [2.75, 3.05) is 6.54 Å². The average Bonchev–Trinajstić information content (AvgIpc) is 2.70. The number of aliphatic hydroxyl groups is 1. The van der Waals surface area contributed by atoms with E-state index in [1.807, 2.05) is 0 Å². The molecule has 0 unspecified atom stereocenters. The van der Waals surface area contributed by atoms with Crippen molar-refractivity contribution in [3.63, 3.8) is 0 Å². The number of rotatable bonds is 2. The predicted octanol–water partition coefficient (Wildman–Crippen LogP) is 0.815. The van der Waals surface area contributed by atoms with Crippen molar-refractivity contribution < 1.29 is 24.9 Å². The number of carboxylic acids is 1. The number of likely N-dealkylation sites (tertiary alicyclic amines) is 1. The minimum atomic E-state index is -1.17. The van der Waals surface area contributed by atoms with Gasteiger partial charge in [-0.2, -0.15) is 0 Å².